The summed E-state index contributed by atoms with van der Waals surface area (Å²) in [6, 6.07) is 27.9. The second-order valence-corrected chi connectivity index (χ2v) is 5.20. The molecule has 1 radical (unpaired) electrons. The standard InChI is InChI=1S/C19H14Cl/c20-19-12-10-18(11-13-19)17-8-6-16(7-9-17)14-15-4-2-1-3-5-15/h1-4,6-13H,14H2. The molecule has 3 aromatic rings. The van der Waals surface area contributed by atoms with Crippen LogP contribution in [-0.4, -0.2) is 0 Å². The molecule has 3 rings (SSSR count). The van der Waals surface area contributed by atoms with Gasteiger partial charge in [-0.3, -0.25) is 0 Å². The zero-order chi connectivity index (χ0) is 13.8. The molecule has 20 heavy (non-hydrogen) atoms. The first kappa shape index (κ1) is 13.0. The Morgan fingerprint density at radius 2 is 1.40 bits per heavy atom. The SMILES string of the molecule is Clc1ccc(-c2ccc(Cc3[c]cccc3)cc2)cc1. The van der Waals surface area contributed by atoms with Crippen molar-refractivity contribution in [3.05, 3.63) is 95.0 Å². The van der Waals surface area contributed by atoms with Gasteiger partial charge in [0.25, 0.3) is 0 Å². The first-order valence-electron chi connectivity index (χ1n) is 6.62. The van der Waals surface area contributed by atoms with Crippen molar-refractivity contribution in [3.8, 4) is 11.1 Å². The van der Waals surface area contributed by atoms with Gasteiger partial charge in [0.2, 0.25) is 0 Å². The molecule has 0 aliphatic carbocycles. The van der Waals surface area contributed by atoms with E-state index in [1.807, 2.05) is 42.5 Å². The first-order valence-corrected chi connectivity index (χ1v) is 6.99. The maximum Gasteiger partial charge on any atom is 0.0406 e. The minimum Gasteiger partial charge on any atom is -0.0843 e. The Morgan fingerprint density at radius 1 is 0.750 bits per heavy atom. The highest BCUT2D eigenvalue weighted by molar-refractivity contribution is 6.30. The lowest BCUT2D eigenvalue weighted by Crippen LogP contribution is -1.88. The zero-order valence-corrected chi connectivity index (χ0v) is 11.8. The summed E-state index contributed by atoms with van der Waals surface area (Å²) < 4.78 is 0. The van der Waals surface area contributed by atoms with Crippen LogP contribution in [0.25, 0.3) is 11.1 Å². The lowest BCUT2D eigenvalue weighted by atomic mass is 10.0. The molecular formula is C19H14Cl. The Kier molecular flexibility index (Phi) is 3.85. The molecule has 0 heterocycles. The van der Waals surface area contributed by atoms with Crippen molar-refractivity contribution >= 4 is 11.6 Å². The van der Waals surface area contributed by atoms with Gasteiger partial charge < -0.3 is 0 Å². The van der Waals surface area contributed by atoms with Gasteiger partial charge in [-0.15, -0.1) is 0 Å². The van der Waals surface area contributed by atoms with E-state index < -0.39 is 0 Å². The smallest absolute Gasteiger partial charge is 0.0406 e. The Bertz CT molecular complexity index is 667. The minimum atomic E-state index is 0.769. The summed E-state index contributed by atoms with van der Waals surface area (Å²) in [5, 5.41) is 0.769. The third-order valence-electron chi connectivity index (χ3n) is 3.30. The van der Waals surface area contributed by atoms with Gasteiger partial charge >= 0.3 is 0 Å². The molecule has 0 aromatic heterocycles. The number of hydrogen-bond acceptors (Lipinski definition) is 0. The molecule has 0 aliphatic heterocycles. The van der Waals surface area contributed by atoms with E-state index in [0.29, 0.717) is 0 Å². The van der Waals surface area contributed by atoms with Crippen LogP contribution in [0.2, 0.25) is 5.02 Å². The molecule has 0 saturated heterocycles. The monoisotopic (exact) mass is 277 g/mol. The summed E-state index contributed by atoms with van der Waals surface area (Å²) >= 11 is 5.91. The summed E-state index contributed by atoms with van der Waals surface area (Å²) in [5.74, 6) is 0. The fraction of sp³-hybridized carbons (Fsp3) is 0.0526. The third-order valence-corrected chi connectivity index (χ3v) is 3.55. The second kappa shape index (κ2) is 5.94. The van der Waals surface area contributed by atoms with Crippen LogP contribution in [0.15, 0.2) is 72.8 Å². The van der Waals surface area contributed by atoms with Crippen molar-refractivity contribution in [2.24, 2.45) is 0 Å². The van der Waals surface area contributed by atoms with E-state index in [1.54, 1.807) is 0 Å². The van der Waals surface area contributed by atoms with Gasteiger partial charge in [0.1, 0.15) is 0 Å². The average Bonchev–Trinajstić information content (AvgIpc) is 2.50. The van der Waals surface area contributed by atoms with Crippen LogP contribution < -0.4 is 0 Å². The van der Waals surface area contributed by atoms with Crippen LogP contribution in [0.3, 0.4) is 0 Å². The highest BCUT2D eigenvalue weighted by Crippen LogP contribution is 2.22. The minimum absolute atomic E-state index is 0.769. The summed E-state index contributed by atoms with van der Waals surface area (Å²) in [7, 11) is 0. The first-order chi connectivity index (χ1) is 9.81. The van der Waals surface area contributed by atoms with Gasteiger partial charge in [0, 0.05) is 5.02 Å². The second-order valence-electron chi connectivity index (χ2n) is 4.77. The summed E-state index contributed by atoms with van der Waals surface area (Å²) in [4.78, 5) is 0. The van der Waals surface area contributed by atoms with E-state index in [0.717, 1.165) is 11.4 Å². The van der Waals surface area contributed by atoms with Gasteiger partial charge in [0.15, 0.2) is 0 Å². The Hall–Kier alpha value is -2.05. The molecule has 0 unspecified atom stereocenters. The number of rotatable bonds is 3. The summed E-state index contributed by atoms with van der Waals surface area (Å²) in [6.45, 7) is 0. The lowest BCUT2D eigenvalue weighted by molar-refractivity contribution is 1.19. The van der Waals surface area contributed by atoms with Gasteiger partial charge in [0.05, 0.1) is 0 Å². The van der Waals surface area contributed by atoms with E-state index in [-0.39, 0.29) is 0 Å². The molecule has 97 valence electrons. The van der Waals surface area contributed by atoms with E-state index >= 15 is 0 Å². The molecule has 0 amide bonds. The van der Waals surface area contributed by atoms with Crippen molar-refractivity contribution in [2.75, 3.05) is 0 Å². The van der Waals surface area contributed by atoms with Crippen molar-refractivity contribution in [1.82, 2.24) is 0 Å². The molecular weight excluding hydrogens is 264 g/mol. The van der Waals surface area contributed by atoms with Crippen LogP contribution >= 0.6 is 11.6 Å². The van der Waals surface area contributed by atoms with Gasteiger partial charge in [-0.2, -0.15) is 0 Å². The maximum atomic E-state index is 5.91. The van der Waals surface area contributed by atoms with Gasteiger partial charge in [-0.05, 0) is 46.9 Å². The van der Waals surface area contributed by atoms with Gasteiger partial charge in [-0.25, -0.2) is 0 Å². The number of benzene rings is 3. The zero-order valence-electron chi connectivity index (χ0n) is 11.0. The fourth-order valence-electron chi connectivity index (χ4n) is 2.22. The van der Waals surface area contributed by atoms with Crippen LogP contribution in [0, 0.1) is 6.07 Å². The summed E-state index contributed by atoms with van der Waals surface area (Å²) in [5.41, 5.74) is 4.91. The predicted octanol–water partition coefficient (Wildman–Crippen LogP) is 5.40. The fourth-order valence-corrected chi connectivity index (χ4v) is 2.34. The molecule has 0 nitrogen and oxygen atoms in total. The van der Waals surface area contributed by atoms with E-state index in [9.17, 15) is 0 Å². The number of hydrogen-bond donors (Lipinski definition) is 0. The van der Waals surface area contributed by atoms with E-state index in [1.165, 1.54) is 22.3 Å². The molecule has 0 N–H and O–H groups in total. The number of halogens is 1. The van der Waals surface area contributed by atoms with Crippen molar-refractivity contribution < 1.29 is 0 Å². The normalized spacial score (nSPS) is 10.4. The topological polar surface area (TPSA) is 0 Å². The van der Waals surface area contributed by atoms with Crippen molar-refractivity contribution in [1.29, 1.82) is 0 Å². The average molecular weight is 278 g/mol. The molecule has 0 fully saturated rings. The lowest BCUT2D eigenvalue weighted by Gasteiger charge is -2.05. The van der Waals surface area contributed by atoms with Crippen molar-refractivity contribution in [2.45, 2.75) is 6.42 Å². The van der Waals surface area contributed by atoms with E-state index in [4.69, 9.17) is 11.6 Å². The molecule has 3 aromatic carbocycles. The molecule has 0 aliphatic rings. The van der Waals surface area contributed by atoms with Gasteiger partial charge in [-0.1, -0.05) is 72.3 Å². The predicted molar refractivity (Wildman–Crippen MR) is 85.0 cm³/mol. The molecule has 0 saturated carbocycles. The van der Waals surface area contributed by atoms with Crippen LogP contribution in [0.4, 0.5) is 0 Å². The Balaban J connectivity index is 1.79. The Morgan fingerprint density at radius 3 is 2.00 bits per heavy atom. The largest absolute Gasteiger partial charge is 0.0843 e. The Labute approximate surface area is 124 Å². The maximum absolute atomic E-state index is 5.91. The highest BCUT2D eigenvalue weighted by atomic mass is 35.5. The molecule has 0 bridgehead atoms. The summed E-state index contributed by atoms with van der Waals surface area (Å²) in [6.07, 6.45) is 0.918. The molecule has 0 spiro atoms. The quantitative estimate of drug-likeness (QED) is 0.601. The molecule has 0 atom stereocenters. The van der Waals surface area contributed by atoms with Crippen LogP contribution in [0.1, 0.15) is 11.1 Å². The van der Waals surface area contributed by atoms with Crippen LogP contribution in [0.5, 0.6) is 0 Å². The van der Waals surface area contributed by atoms with Crippen LogP contribution in [-0.2, 0) is 6.42 Å². The molecule has 1 heteroatoms. The highest BCUT2D eigenvalue weighted by Gasteiger charge is 1.99. The third kappa shape index (κ3) is 3.09. The van der Waals surface area contributed by atoms with E-state index in [2.05, 4.69) is 36.4 Å². The van der Waals surface area contributed by atoms with Crippen molar-refractivity contribution in [3.63, 3.8) is 0 Å².